The molecule has 5 aromatic rings. The summed E-state index contributed by atoms with van der Waals surface area (Å²) in [6.07, 6.45) is 4.44. The molecule has 0 spiro atoms. The van der Waals surface area contributed by atoms with Crippen molar-refractivity contribution in [3.63, 3.8) is 0 Å². The summed E-state index contributed by atoms with van der Waals surface area (Å²) in [6, 6.07) is 22.7. The van der Waals surface area contributed by atoms with Gasteiger partial charge in [-0.15, -0.1) is 0 Å². The number of pyridine rings is 1. The average Bonchev–Trinajstić information content (AvgIpc) is 3.31. The zero-order valence-corrected chi connectivity index (χ0v) is 18.6. The lowest BCUT2D eigenvalue weighted by Gasteiger charge is -2.22. The van der Waals surface area contributed by atoms with Gasteiger partial charge in [0.1, 0.15) is 17.4 Å². The summed E-state index contributed by atoms with van der Waals surface area (Å²) in [5.41, 5.74) is 5.96. The Morgan fingerprint density at radius 1 is 0.882 bits per heavy atom. The van der Waals surface area contributed by atoms with Crippen LogP contribution >= 0.6 is 0 Å². The van der Waals surface area contributed by atoms with Gasteiger partial charge in [0.05, 0.1) is 12.6 Å². The van der Waals surface area contributed by atoms with Gasteiger partial charge >= 0.3 is 0 Å². The minimum absolute atomic E-state index is 0.253. The predicted molar refractivity (Wildman–Crippen MR) is 132 cm³/mol. The number of fused-ring (bicyclic) bond motifs is 2. The Bertz CT molecular complexity index is 1500. The second-order valence-electron chi connectivity index (χ2n) is 8.25. The Hall–Kier alpha value is -4.32. The molecule has 0 amide bonds. The van der Waals surface area contributed by atoms with E-state index in [1.165, 1.54) is 17.7 Å². The van der Waals surface area contributed by atoms with Crippen LogP contribution in [0.25, 0.3) is 33.4 Å². The lowest BCUT2D eigenvalue weighted by molar-refractivity contribution is 0.415. The number of halogens is 1. The summed E-state index contributed by atoms with van der Waals surface area (Å²) in [4.78, 5) is 16.4. The van der Waals surface area contributed by atoms with Crippen LogP contribution in [-0.2, 0) is 6.42 Å². The molecular weight excluding hydrogens is 427 g/mol. The van der Waals surface area contributed by atoms with Crippen molar-refractivity contribution in [2.75, 3.05) is 18.6 Å². The molecule has 0 fully saturated rings. The fourth-order valence-electron chi connectivity index (χ4n) is 4.47. The molecule has 6 heteroatoms. The van der Waals surface area contributed by atoms with E-state index >= 15 is 0 Å². The molecule has 2 aromatic heterocycles. The third kappa shape index (κ3) is 3.53. The van der Waals surface area contributed by atoms with Gasteiger partial charge in [0, 0.05) is 41.6 Å². The minimum atomic E-state index is -0.253. The van der Waals surface area contributed by atoms with Gasteiger partial charge < -0.3 is 9.64 Å². The van der Waals surface area contributed by atoms with Crippen molar-refractivity contribution in [2.24, 2.45) is 0 Å². The van der Waals surface area contributed by atoms with Gasteiger partial charge in [0.25, 0.3) is 0 Å². The largest absolute Gasteiger partial charge is 0.497 e. The van der Waals surface area contributed by atoms with E-state index < -0.39 is 0 Å². The smallest absolute Gasteiger partial charge is 0.163 e. The van der Waals surface area contributed by atoms with Crippen molar-refractivity contribution < 1.29 is 9.13 Å². The SMILES string of the molecule is COc1ccc2c(c1)N(c1nc(-c3cccnc3)nc3ccc(-c4ccc(F)cc4)cc13)CC2. The molecule has 0 saturated heterocycles. The highest BCUT2D eigenvalue weighted by Gasteiger charge is 2.25. The Kier molecular flexibility index (Phi) is 4.91. The lowest BCUT2D eigenvalue weighted by atomic mass is 10.0. The fraction of sp³-hybridized carbons (Fsp3) is 0.107. The van der Waals surface area contributed by atoms with Crippen molar-refractivity contribution in [1.82, 2.24) is 15.0 Å². The molecule has 5 nitrogen and oxygen atoms in total. The highest BCUT2D eigenvalue weighted by Crippen LogP contribution is 2.40. The Balaban J connectivity index is 1.57. The summed E-state index contributed by atoms with van der Waals surface area (Å²) < 4.78 is 19.0. The molecule has 0 atom stereocenters. The summed E-state index contributed by atoms with van der Waals surface area (Å²) in [5, 5.41) is 0.935. The second kappa shape index (κ2) is 8.23. The van der Waals surface area contributed by atoms with Gasteiger partial charge in [0.2, 0.25) is 0 Å². The first kappa shape index (κ1) is 20.3. The number of nitrogens with zero attached hydrogens (tertiary/aromatic N) is 4. The molecular formula is C28H21FN4O. The van der Waals surface area contributed by atoms with Crippen molar-refractivity contribution >= 4 is 22.4 Å². The van der Waals surface area contributed by atoms with E-state index in [0.29, 0.717) is 5.82 Å². The van der Waals surface area contributed by atoms with Crippen molar-refractivity contribution in [3.05, 3.63) is 96.6 Å². The van der Waals surface area contributed by atoms with Gasteiger partial charge in [-0.1, -0.05) is 24.3 Å². The van der Waals surface area contributed by atoms with E-state index in [9.17, 15) is 4.39 Å². The molecule has 0 N–H and O–H groups in total. The summed E-state index contributed by atoms with van der Waals surface area (Å²) in [7, 11) is 1.68. The van der Waals surface area contributed by atoms with Crippen molar-refractivity contribution in [3.8, 4) is 28.3 Å². The Labute approximate surface area is 196 Å². The number of aromatic nitrogens is 3. The molecule has 1 aliphatic heterocycles. The second-order valence-corrected chi connectivity index (χ2v) is 8.25. The third-order valence-corrected chi connectivity index (χ3v) is 6.22. The lowest BCUT2D eigenvalue weighted by Crippen LogP contribution is -2.16. The van der Waals surface area contributed by atoms with E-state index in [-0.39, 0.29) is 5.82 Å². The maximum absolute atomic E-state index is 13.5. The molecule has 0 unspecified atom stereocenters. The molecule has 1 aliphatic rings. The van der Waals surface area contributed by atoms with Crippen molar-refractivity contribution in [2.45, 2.75) is 6.42 Å². The number of anilines is 2. The van der Waals surface area contributed by atoms with Crippen molar-refractivity contribution in [1.29, 1.82) is 0 Å². The van der Waals surface area contributed by atoms with E-state index in [4.69, 9.17) is 14.7 Å². The zero-order chi connectivity index (χ0) is 23.1. The van der Waals surface area contributed by atoms with Crippen LogP contribution in [0.15, 0.2) is 85.2 Å². The number of hydrogen-bond acceptors (Lipinski definition) is 5. The van der Waals surface area contributed by atoms with Gasteiger partial charge in [-0.2, -0.15) is 0 Å². The molecule has 6 rings (SSSR count). The number of methoxy groups -OCH3 is 1. The van der Waals surface area contributed by atoms with Gasteiger partial charge in [0.15, 0.2) is 5.82 Å². The molecule has 0 saturated carbocycles. The summed E-state index contributed by atoms with van der Waals surface area (Å²) in [5.74, 6) is 2.02. The number of benzene rings is 3. The topological polar surface area (TPSA) is 51.1 Å². The number of rotatable bonds is 4. The number of hydrogen-bond donors (Lipinski definition) is 0. The molecule has 34 heavy (non-hydrogen) atoms. The van der Waals surface area contributed by atoms with Crippen LogP contribution in [0.1, 0.15) is 5.56 Å². The first-order chi connectivity index (χ1) is 16.7. The third-order valence-electron chi connectivity index (χ3n) is 6.22. The van der Waals surface area contributed by atoms with Crippen LogP contribution in [0, 0.1) is 5.82 Å². The van der Waals surface area contributed by atoms with Crippen LogP contribution in [-0.4, -0.2) is 28.6 Å². The Morgan fingerprint density at radius 3 is 2.53 bits per heavy atom. The van der Waals surface area contributed by atoms with Crippen LogP contribution in [0.5, 0.6) is 5.75 Å². The number of ether oxygens (including phenoxy) is 1. The van der Waals surface area contributed by atoms with E-state index in [0.717, 1.165) is 57.8 Å². The Morgan fingerprint density at radius 2 is 1.74 bits per heavy atom. The van der Waals surface area contributed by atoms with Crippen LogP contribution in [0.3, 0.4) is 0 Å². The minimum Gasteiger partial charge on any atom is -0.497 e. The quantitative estimate of drug-likeness (QED) is 0.328. The predicted octanol–water partition coefficient (Wildman–Crippen LogP) is 6.20. The molecule has 0 aliphatic carbocycles. The van der Waals surface area contributed by atoms with E-state index in [2.05, 4.69) is 28.1 Å². The monoisotopic (exact) mass is 448 g/mol. The average molecular weight is 449 g/mol. The molecule has 166 valence electrons. The molecule has 3 aromatic carbocycles. The zero-order valence-electron chi connectivity index (χ0n) is 18.6. The molecule has 0 radical (unpaired) electrons. The van der Waals surface area contributed by atoms with Crippen LogP contribution in [0.4, 0.5) is 15.9 Å². The fourth-order valence-corrected chi connectivity index (χ4v) is 4.47. The first-order valence-electron chi connectivity index (χ1n) is 11.1. The van der Waals surface area contributed by atoms with Gasteiger partial charge in [-0.3, -0.25) is 4.98 Å². The highest BCUT2D eigenvalue weighted by atomic mass is 19.1. The highest BCUT2D eigenvalue weighted by molar-refractivity contribution is 5.96. The molecule has 0 bridgehead atoms. The summed E-state index contributed by atoms with van der Waals surface area (Å²) >= 11 is 0. The van der Waals surface area contributed by atoms with E-state index in [1.807, 2.05) is 30.3 Å². The van der Waals surface area contributed by atoms with E-state index in [1.54, 1.807) is 31.6 Å². The maximum atomic E-state index is 13.5. The van der Waals surface area contributed by atoms with Crippen LogP contribution in [0.2, 0.25) is 0 Å². The maximum Gasteiger partial charge on any atom is 0.163 e. The first-order valence-corrected chi connectivity index (χ1v) is 11.1. The molecule has 3 heterocycles. The standard InChI is InChI=1S/C28H21FN4O/c1-34-23-10-6-19-12-14-33(26(19)16-23)28-24-15-20(18-4-8-22(29)9-5-18)7-11-25(24)31-27(32-28)21-3-2-13-30-17-21/h2-11,13,15-17H,12,14H2,1H3. The van der Waals surface area contributed by atoms with Gasteiger partial charge in [-0.05, 0) is 65.6 Å². The normalized spacial score (nSPS) is 12.7. The van der Waals surface area contributed by atoms with Crippen LogP contribution < -0.4 is 9.64 Å². The summed E-state index contributed by atoms with van der Waals surface area (Å²) in [6.45, 7) is 0.807. The van der Waals surface area contributed by atoms with Gasteiger partial charge in [-0.25, -0.2) is 14.4 Å².